The molecule has 3 rings (SSSR count). The molecule has 0 aliphatic carbocycles. The summed E-state index contributed by atoms with van der Waals surface area (Å²) in [5.41, 5.74) is 6.48. The first-order valence-electron chi connectivity index (χ1n) is 10.7. The molecule has 1 heterocycles. The molecule has 6 nitrogen and oxygen atoms in total. The molecule has 0 saturated heterocycles. The van der Waals surface area contributed by atoms with Gasteiger partial charge in [0.05, 0.1) is 18.8 Å². The van der Waals surface area contributed by atoms with Gasteiger partial charge in [0.25, 0.3) is 0 Å². The lowest BCUT2D eigenvalue weighted by molar-refractivity contribution is -0.129. The Morgan fingerprint density at radius 3 is 2.55 bits per heavy atom. The zero-order valence-corrected chi connectivity index (χ0v) is 20.4. The summed E-state index contributed by atoms with van der Waals surface area (Å²) in [6.45, 7) is 8.32. The van der Waals surface area contributed by atoms with E-state index >= 15 is 0 Å². The number of anilines is 1. The van der Waals surface area contributed by atoms with Crippen molar-refractivity contribution in [3.8, 4) is 0 Å². The van der Waals surface area contributed by atoms with Crippen LogP contribution in [-0.2, 0) is 16.1 Å². The summed E-state index contributed by atoms with van der Waals surface area (Å²) in [4.78, 5) is 26.4. The minimum Gasteiger partial charge on any atom is -0.333 e. The number of amides is 2. The number of rotatable bonds is 7. The van der Waals surface area contributed by atoms with Gasteiger partial charge in [0.1, 0.15) is 0 Å². The number of likely N-dealkylation sites (N-methyl/N-ethyl adjacent to an activating group) is 1. The summed E-state index contributed by atoms with van der Waals surface area (Å²) in [6.07, 6.45) is 3.23. The number of nitrogens with one attached hydrogen (secondary N) is 1. The van der Waals surface area contributed by atoms with Crippen LogP contribution in [0.3, 0.4) is 0 Å². The first kappa shape index (κ1) is 24.3. The van der Waals surface area contributed by atoms with E-state index in [9.17, 15) is 9.59 Å². The molecule has 0 aliphatic heterocycles. The Morgan fingerprint density at radius 1 is 1.09 bits per heavy atom. The maximum Gasteiger partial charge on any atom is 0.246 e. The van der Waals surface area contributed by atoms with Gasteiger partial charge < -0.3 is 10.2 Å². The van der Waals surface area contributed by atoms with Gasteiger partial charge in [-0.2, -0.15) is 5.10 Å². The lowest BCUT2D eigenvalue weighted by atomic mass is 10.1. The van der Waals surface area contributed by atoms with Crippen molar-refractivity contribution >= 4 is 35.2 Å². The van der Waals surface area contributed by atoms with Crippen molar-refractivity contribution in [2.24, 2.45) is 0 Å². The van der Waals surface area contributed by atoms with Gasteiger partial charge in [-0.3, -0.25) is 14.3 Å². The van der Waals surface area contributed by atoms with Crippen molar-refractivity contribution in [3.05, 3.63) is 87.2 Å². The fraction of sp³-hybridized carbons (Fsp3) is 0.269. The Morgan fingerprint density at radius 2 is 1.82 bits per heavy atom. The topological polar surface area (TPSA) is 67.2 Å². The molecule has 0 radical (unpaired) electrons. The molecule has 0 fully saturated rings. The molecule has 0 atom stereocenters. The molecule has 0 aliphatic rings. The third-order valence-electron chi connectivity index (χ3n) is 5.74. The van der Waals surface area contributed by atoms with E-state index in [0.717, 1.165) is 39.3 Å². The van der Waals surface area contributed by atoms with Gasteiger partial charge in [-0.25, -0.2) is 0 Å². The molecular weight excluding hydrogens is 436 g/mol. The molecule has 1 aromatic heterocycles. The Hall–Kier alpha value is -3.38. The minimum atomic E-state index is -0.260. The summed E-state index contributed by atoms with van der Waals surface area (Å²) < 4.78 is 1.88. The highest BCUT2D eigenvalue weighted by Gasteiger charge is 2.14. The number of carbonyl (C=O) groups excluding carboxylic acids is 2. The van der Waals surface area contributed by atoms with Crippen LogP contribution in [0, 0.1) is 27.7 Å². The van der Waals surface area contributed by atoms with Crippen molar-refractivity contribution in [1.82, 2.24) is 14.7 Å². The Bertz CT molecular complexity index is 1210. The molecule has 3 aromatic rings. The maximum atomic E-state index is 12.6. The van der Waals surface area contributed by atoms with Gasteiger partial charge in [0.15, 0.2) is 0 Å². The fourth-order valence-electron chi connectivity index (χ4n) is 3.55. The highest BCUT2D eigenvalue weighted by atomic mass is 35.5. The largest absolute Gasteiger partial charge is 0.333 e. The van der Waals surface area contributed by atoms with Crippen molar-refractivity contribution in [2.45, 2.75) is 34.2 Å². The van der Waals surface area contributed by atoms with Crippen LogP contribution in [0.1, 0.15) is 33.6 Å². The second kappa shape index (κ2) is 10.5. The molecule has 0 unspecified atom stereocenters. The highest BCUT2D eigenvalue weighted by Crippen LogP contribution is 2.21. The molecule has 33 heavy (non-hydrogen) atoms. The molecule has 2 amide bonds. The SMILES string of the molecule is Cc1cccc(NC(=O)CN(C)C(=O)/C=C/c2c(C)nn(Cc3ccccc3Cl)c2C)c1C. The first-order valence-corrected chi connectivity index (χ1v) is 11.1. The van der Waals surface area contributed by atoms with E-state index in [1.54, 1.807) is 13.1 Å². The molecule has 1 N–H and O–H groups in total. The number of carbonyl (C=O) groups is 2. The molecule has 2 aromatic carbocycles. The average molecular weight is 465 g/mol. The van der Waals surface area contributed by atoms with E-state index in [1.807, 2.05) is 74.8 Å². The van der Waals surface area contributed by atoms with Crippen molar-refractivity contribution in [2.75, 3.05) is 18.9 Å². The van der Waals surface area contributed by atoms with Gasteiger partial charge in [-0.1, -0.05) is 41.9 Å². The van der Waals surface area contributed by atoms with Crippen LogP contribution < -0.4 is 5.32 Å². The highest BCUT2D eigenvalue weighted by molar-refractivity contribution is 6.31. The van der Waals surface area contributed by atoms with E-state index in [2.05, 4.69) is 10.4 Å². The van der Waals surface area contributed by atoms with Gasteiger partial charge in [-0.05, 0) is 62.6 Å². The third kappa shape index (κ3) is 5.90. The van der Waals surface area contributed by atoms with Crippen molar-refractivity contribution in [1.29, 1.82) is 0 Å². The maximum absolute atomic E-state index is 12.6. The Balaban J connectivity index is 1.65. The van der Waals surface area contributed by atoms with Crippen LogP contribution in [-0.4, -0.2) is 40.1 Å². The molecular formula is C26H29ClN4O2. The van der Waals surface area contributed by atoms with Gasteiger partial charge in [-0.15, -0.1) is 0 Å². The normalized spacial score (nSPS) is 11.1. The lowest BCUT2D eigenvalue weighted by Gasteiger charge is -2.16. The van der Waals surface area contributed by atoms with Gasteiger partial charge >= 0.3 is 0 Å². The zero-order chi connectivity index (χ0) is 24.1. The number of hydrogen-bond acceptors (Lipinski definition) is 3. The van der Waals surface area contributed by atoms with Gasteiger partial charge in [0.2, 0.25) is 11.8 Å². The van der Waals surface area contributed by atoms with E-state index in [4.69, 9.17) is 11.6 Å². The standard InChI is InChI=1S/C26H29ClN4O2/c1-17-9-8-12-24(18(17)2)28-25(32)16-30(5)26(33)14-13-22-19(3)29-31(20(22)4)15-21-10-6-7-11-23(21)27/h6-14H,15-16H2,1-5H3,(H,28,32)/b14-13+. The second-order valence-electron chi connectivity index (χ2n) is 8.16. The third-order valence-corrected chi connectivity index (χ3v) is 6.11. The summed E-state index contributed by atoms with van der Waals surface area (Å²) in [5, 5.41) is 8.17. The van der Waals surface area contributed by atoms with Crippen LogP contribution in [0.4, 0.5) is 5.69 Å². The number of nitrogens with zero attached hydrogens (tertiary/aromatic N) is 3. The van der Waals surface area contributed by atoms with Crippen LogP contribution in [0.15, 0.2) is 48.5 Å². The number of benzene rings is 2. The molecule has 7 heteroatoms. The van der Waals surface area contributed by atoms with Crippen molar-refractivity contribution in [3.63, 3.8) is 0 Å². The van der Waals surface area contributed by atoms with Crippen LogP contribution in [0.5, 0.6) is 0 Å². The Labute approximate surface area is 199 Å². The smallest absolute Gasteiger partial charge is 0.246 e. The quantitative estimate of drug-likeness (QED) is 0.504. The summed E-state index contributed by atoms with van der Waals surface area (Å²) >= 11 is 6.28. The monoisotopic (exact) mass is 464 g/mol. The number of aromatic nitrogens is 2. The number of hydrogen-bond donors (Lipinski definition) is 1. The predicted octanol–water partition coefficient (Wildman–Crippen LogP) is 4.93. The van der Waals surface area contributed by atoms with E-state index < -0.39 is 0 Å². The van der Waals surface area contributed by atoms with Gasteiger partial charge in [0, 0.05) is 35.1 Å². The summed E-state index contributed by atoms with van der Waals surface area (Å²) in [7, 11) is 1.61. The van der Waals surface area contributed by atoms with Crippen LogP contribution in [0.2, 0.25) is 5.02 Å². The first-order chi connectivity index (χ1) is 15.7. The second-order valence-corrected chi connectivity index (χ2v) is 8.56. The fourth-order valence-corrected chi connectivity index (χ4v) is 3.74. The summed E-state index contributed by atoms with van der Waals surface area (Å²) in [5.74, 6) is -0.503. The molecule has 0 bridgehead atoms. The van der Waals surface area contributed by atoms with E-state index in [0.29, 0.717) is 11.6 Å². The van der Waals surface area contributed by atoms with Crippen molar-refractivity contribution < 1.29 is 9.59 Å². The van der Waals surface area contributed by atoms with Crippen LogP contribution in [0.25, 0.3) is 6.08 Å². The number of aryl methyl sites for hydroxylation is 2. The average Bonchev–Trinajstić information content (AvgIpc) is 3.03. The van der Waals surface area contributed by atoms with Crippen LogP contribution >= 0.6 is 11.6 Å². The number of halogens is 1. The molecule has 172 valence electrons. The minimum absolute atomic E-state index is 0.0414. The molecule has 0 spiro atoms. The Kier molecular flexibility index (Phi) is 7.71. The lowest BCUT2D eigenvalue weighted by Crippen LogP contribution is -2.34. The van der Waals surface area contributed by atoms with E-state index in [-0.39, 0.29) is 18.4 Å². The predicted molar refractivity (Wildman–Crippen MR) is 133 cm³/mol. The van der Waals surface area contributed by atoms with E-state index in [1.165, 1.54) is 11.0 Å². The molecule has 0 saturated carbocycles. The summed E-state index contributed by atoms with van der Waals surface area (Å²) in [6, 6.07) is 13.4. The zero-order valence-electron chi connectivity index (χ0n) is 19.6.